The van der Waals surface area contributed by atoms with Crippen molar-refractivity contribution in [3.05, 3.63) is 74.3 Å². The number of hydrogen-bond acceptors (Lipinski definition) is 2. The molecule has 1 aliphatic heterocycles. The number of fused-ring (bicyclic) bond motifs is 1. The van der Waals surface area contributed by atoms with Crippen LogP contribution in [0.15, 0.2) is 36.4 Å². The van der Waals surface area contributed by atoms with Gasteiger partial charge in [0.2, 0.25) is 0 Å². The van der Waals surface area contributed by atoms with Crippen molar-refractivity contribution in [3.63, 3.8) is 0 Å². The molecule has 2 nitrogen and oxygen atoms in total. The molecule has 220 valence electrons. The molecule has 40 heavy (non-hydrogen) atoms. The van der Waals surface area contributed by atoms with E-state index in [0.717, 1.165) is 38.1 Å². The first kappa shape index (κ1) is 32.4. The average Bonchev–Trinajstić information content (AvgIpc) is 3.01. The van der Waals surface area contributed by atoms with Crippen LogP contribution in [0.1, 0.15) is 58.5 Å². The second kappa shape index (κ2) is 11.6. The molecule has 0 aromatic heterocycles. The minimum absolute atomic E-state index is 0.0559. The Bertz CT molecular complexity index is 1310. The van der Waals surface area contributed by atoms with E-state index in [4.69, 9.17) is 23.2 Å². The Hall–Kier alpha value is -2.12. The first-order valence-corrected chi connectivity index (χ1v) is 13.2. The predicted molar refractivity (Wildman–Crippen MR) is 133 cm³/mol. The summed E-state index contributed by atoms with van der Waals surface area (Å²) in [5, 5.41) is -0.744. The van der Waals surface area contributed by atoms with Gasteiger partial charge in [0.25, 0.3) is 5.91 Å². The summed E-state index contributed by atoms with van der Waals surface area (Å²) in [6.07, 6.45) is -11.4. The number of carbonyl (C=O) groups is 1. The number of hydrogen-bond donors (Lipinski definition) is 0. The Balaban J connectivity index is 1.98. The monoisotopic (exact) mass is 641 g/mol. The van der Waals surface area contributed by atoms with Gasteiger partial charge in [0.1, 0.15) is 17.9 Å². The number of rotatable bonds is 8. The molecule has 0 saturated heterocycles. The lowest BCUT2D eigenvalue weighted by Crippen LogP contribution is -2.44. The summed E-state index contributed by atoms with van der Waals surface area (Å²) < 4.78 is 139. The van der Waals surface area contributed by atoms with Gasteiger partial charge in [0.15, 0.2) is 0 Å². The van der Waals surface area contributed by atoms with E-state index in [-0.39, 0.29) is 33.3 Å². The zero-order valence-electron chi connectivity index (χ0n) is 20.4. The van der Waals surface area contributed by atoms with Crippen molar-refractivity contribution in [2.75, 3.05) is 11.5 Å². The maximum absolute atomic E-state index is 15.2. The molecule has 1 aliphatic rings. The molecule has 2 aromatic carbocycles. The summed E-state index contributed by atoms with van der Waals surface area (Å²) in [6.45, 7) is 2.12. The number of allylic oxidation sites excluding steroid dienone is 1. The highest BCUT2D eigenvalue weighted by Crippen LogP contribution is 2.46. The molecule has 2 aromatic rings. The SMILES string of the molecule is CC(F)c1cc(C(/C=C(\F)c2ccc3c(c2)C(F)(F)N(C(C)CSCC(F)(F)F)C3=O)C(F)(F)F)cc(Cl)c1Cl. The summed E-state index contributed by atoms with van der Waals surface area (Å²) in [4.78, 5) is 12.7. The highest BCUT2D eigenvalue weighted by atomic mass is 35.5. The van der Waals surface area contributed by atoms with E-state index in [1.165, 1.54) is 0 Å². The van der Waals surface area contributed by atoms with Crippen molar-refractivity contribution in [1.29, 1.82) is 0 Å². The van der Waals surface area contributed by atoms with E-state index in [2.05, 4.69) is 0 Å². The molecule has 1 heterocycles. The molecule has 3 rings (SSSR count). The van der Waals surface area contributed by atoms with Gasteiger partial charge in [-0.05, 0) is 43.7 Å². The number of benzene rings is 2. The third kappa shape index (κ3) is 6.84. The number of nitrogens with zero attached hydrogens (tertiary/aromatic N) is 1. The Morgan fingerprint density at radius 2 is 1.70 bits per heavy atom. The zero-order chi connectivity index (χ0) is 30.4. The third-order valence-corrected chi connectivity index (χ3v) is 8.03. The maximum atomic E-state index is 15.2. The molecular formula is C25H19Cl2F10NOS. The maximum Gasteiger partial charge on any atom is 0.399 e. The van der Waals surface area contributed by atoms with Crippen LogP contribution >= 0.6 is 35.0 Å². The Kier molecular flexibility index (Phi) is 9.42. The van der Waals surface area contributed by atoms with Crippen LogP contribution in [0, 0.1) is 0 Å². The summed E-state index contributed by atoms with van der Waals surface area (Å²) in [7, 11) is 0. The number of halogens is 12. The van der Waals surface area contributed by atoms with Crippen LogP contribution in [0.25, 0.3) is 5.83 Å². The highest BCUT2D eigenvalue weighted by Gasteiger charge is 2.53. The van der Waals surface area contributed by atoms with E-state index in [0.29, 0.717) is 6.07 Å². The van der Waals surface area contributed by atoms with Gasteiger partial charge in [0.05, 0.1) is 26.9 Å². The molecule has 15 heteroatoms. The van der Waals surface area contributed by atoms with E-state index in [1.807, 2.05) is 0 Å². The Morgan fingerprint density at radius 1 is 1.07 bits per heavy atom. The molecule has 0 radical (unpaired) electrons. The lowest BCUT2D eigenvalue weighted by Gasteiger charge is -2.30. The van der Waals surface area contributed by atoms with Gasteiger partial charge in [-0.15, -0.1) is 0 Å². The van der Waals surface area contributed by atoms with Crippen molar-refractivity contribution < 1.29 is 48.7 Å². The second-order valence-corrected chi connectivity index (χ2v) is 10.8. The van der Waals surface area contributed by atoms with Gasteiger partial charge >= 0.3 is 18.4 Å². The van der Waals surface area contributed by atoms with Gasteiger partial charge in [-0.3, -0.25) is 9.69 Å². The van der Waals surface area contributed by atoms with Gasteiger partial charge in [0, 0.05) is 22.9 Å². The Labute approximate surface area is 236 Å². The number of alkyl halides is 9. The first-order chi connectivity index (χ1) is 18.3. The summed E-state index contributed by atoms with van der Waals surface area (Å²) in [5.41, 5.74) is -3.34. The van der Waals surface area contributed by atoms with E-state index >= 15 is 13.2 Å². The largest absolute Gasteiger partial charge is 0.399 e. The van der Waals surface area contributed by atoms with Crippen molar-refractivity contribution in [2.45, 2.75) is 50.4 Å². The Morgan fingerprint density at radius 3 is 2.25 bits per heavy atom. The van der Waals surface area contributed by atoms with Crippen LogP contribution in [0.4, 0.5) is 43.9 Å². The van der Waals surface area contributed by atoms with Gasteiger partial charge in [-0.25, -0.2) is 8.78 Å². The fraction of sp³-hybridized carbons (Fsp3) is 0.400. The number of amides is 1. The van der Waals surface area contributed by atoms with Crippen LogP contribution in [0.5, 0.6) is 0 Å². The summed E-state index contributed by atoms with van der Waals surface area (Å²) >= 11 is 12.0. The lowest BCUT2D eigenvalue weighted by atomic mass is 9.93. The van der Waals surface area contributed by atoms with Crippen LogP contribution < -0.4 is 0 Å². The molecule has 3 atom stereocenters. The van der Waals surface area contributed by atoms with E-state index in [1.54, 1.807) is 0 Å². The molecule has 0 bridgehead atoms. The predicted octanol–water partition coefficient (Wildman–Crippen LogP) is 9.87. The van der Waals surface area contributed by atoms with E-state index in [9.17, 15) is 35.5 Å². The molecule has 0 N–H and O–H groups in total. The second-order valence-electron chi connectivity index (χ2n) is 9.01. The van der Waals surface area contributed by atoms with Crippen molar-refractivity contribution in [1.82, 2.24) is 4.90 Å². The van der Waals surface area contributed by atoms with Crippen molar-refractivity contribution in [2.24, 2.45) is 0 Å². The zero-order valence-corrected chi connectivity index (χ0v) is 22.7. The quantitative estimate of drug-likeness (QED) is 0.211. The van der Waals surface area contributed by atoms with E-state index < -0.39 is 87.0 Å². The fourth-order valence-corrected chi connectivity index (χ4v) is 5.47. The standard InChI is InChI=1S/C25H19Cl2F10NOS/c1-11(9-40-10-23(30,31)32)38-22(39)15-4-3-13(6-18(15)25(38,36)37)20(29)8-17(24(33,34)35)14-5-16(12(2)28)21(27)19(26)7-14/h3-8,11-12,17H,9-10H2,1-2H3/b20-8-. The topological polar surface area (TPSA) is 20.3 Å². The van der Waals surface area contributed by atoms with Crippen LogP contribution in [-0.2, 0) is 6.05 Å². The lowest BCUT2D eigenvalue weighted by molar-refractivity contribution is -0.139. The molecule has 0 spiro atoms. The summed E-state index contributed by atoms with van der Waals surface area (Å²) in [5.74, 6) is -7.32. The molecule has 1 amide bonds. The van der Waals surface area contributed by atoms with Crippen LogP contribution in [0.3, 0.4) is 0 Å². The summed E-state index contributed by atoms with van der Waals surface area (Å²) in [6, 6.07) is -1.78. The molecule has 0 aliphatic carbocycles. The average molecular weight is 642 g/mol. The normalized spacial score (nSPS) is 18.1. The minimum Gasteiger partial charge on any atom is -0.272 e. The molecule has 0 saturated carbocycles. The minimum atomic E-state index is -5.12. The highest BCUT2D eigenvalue weighted by molar-refractivity contribution is 7.99. The smallest absolute Gasteiger partial charge is 0.272 e. The molecular weight excluding hydrogens is 623 g/mol. The first-order valence-electron chi connectivity index (χ1n) is 11.3. The van der Waals surface area contributed by atoms with Gasteiger partial charge in [-0.2, -0.15) is 46.9 Å². The number of thioether (sulfide) groups is 1. The fourth-order valence-electron chi connectivity index (χ4n) is 4.14. The molecule has 0 fully saturated rings. The van der Waals surface area contributed by atoms with Gasteiger partial charge < -0.3 is 0 Å². The molecule has 3 unspecified atom stereocenters. The van der Waals surface area contributed by atoms with Crippen molar-refractivity contribution in [3.8, 4) is 0 Å². The van der Waals surface area contributed by atoms with Crippen molar-refractivity contribution >= 4 is 46.7 Å². The number of carbonyl (C=O) groups excluding carboxylic acids is 1. The van der Waals surface area contributed by atoms with Gasteiger partial charge in [-0.1, -0.05) is 35.3 Å². The van der Waals surface area contributed by atoms with Crippen LogP contribution in [-0.4, -0.2) is 40.7 Å². The van der Waals surface area contributed by atoms with Crippen LogP contribution in [0.2, 0.25) is 10.0 Å². The third-order valence-electron chi connectivity index (χ3n) is 5.97.